The fourth-order valence-electron chi connectivity index (χ4n) is 2.38. The van der Waals surface area contributed by atoms with Crippen molar-refractivity contribution in [1.29, 1.82) is 0 Å². The van der Waals surface area contributed by atoms with E-state index in [4.69, 9.17) is 10.5 Å². The Hall–Kier alpha value is -1.30. The average molecular weight is 329 g/mol. The predicted octanol–water partition coefficient (Wildman–Crippen LogP) is 2.11. The lowest BCUT2D eigenvalue weighted by Gasteiger charge is -2.31. The average Bonchev–Trinajstić information content (AvgIpc) is 2.42. The summed E-state index contributed by atoms with van der Waals surface area (Å²) in [6, 6.07) is 5.18. The molecule has 1 aliphatic heterocycles. The Bertz CT molecular complexity index is 529. The third kappa shape index (κ3) is 4.35. The van der Waals surface area contributed by atoms with E-state index >= 15 is 0 Å². The molecule has 0 aliphatic carbocycles. The molecule has 0 saturated carbocycles. The molecule has 5 nitrogen and oxygen atoms in total. The summed E-state index contributed by atoms with van der Waals surface area (Å²) in [6.07, 6.45) is 0.370. The van der Waals surface area contributed by atoms with Crippen LogP contribution in [0.1, 0.15) is 32.8 Å². The number of nitrogens with one attached hydrogen (secondary N) is 1. The maximum Gasteiger partial charge on any atom is 0.224 e. The molecular weight excluding hydrogens is 304 g/mol. The predicted molar refractivity (Wildman–Crippen MR) is 89.6 cm³/mol. The Kier molecular flexibility index (Phi) is 6.23. The van der Waals surface area contributed by atoms with E-state index < -0.39 is 6.10 Å². The van der Waals surface area contributed by atoms with Crippen molar-refractivity contribution in [2.75, 3.05) is 11.9 Å². The summed E-state index contributed by atoms with van der Waals surface area (Å²) in [6.45, 7) is 6.10. The molecule has 4 N–H and O–H groups in total. The van der Waals surface area contributed by atoms with Crippen molar-refractivity contribution in [2.45, 2.75) is 45.8 Å². The standard InChI is InChI=1S/C16H24N2O3.ClH/c1-16(2,3)15(17)12(19)9-21-13-6-4-5-11-10(13)7-8-14(20)18-11;/h4-6,12,15,19H,7-9,17H2,1-3H3,(H,18,20);1H. The smallest absolute Gasteiger partial charge is 0.224 e. The first-order valence-electron chi connectivity index (χ1n) is 7.27. The van der Waals surface area contributed by atoms with Crippen LogP contribution in [0, 0.1) is 5.41 Å². The third-order valence-electron chi connectivity index (χ3n) is 3.83. The van der Waals surface area contributed by atoms with E-state index in [1.807, 2.05) is 39.0 Å². The minimum atomic E-state index is -0.737. The number of amides is 1. The van der Waals surface area contributed by atoms with E-state index in [1.54, 1.807) is 0 Å². The van der Waals surface area contributed by atoms with Gasteiger partial charge in [-0.3, -0.25) is 4.79 Å². The fraction of sp³-hybridized carbons (Fsp3) is 0.562. The van der Waals surface area contributed by atoms with E-state index in [9.17, 15) is 9.90 Å². The van der Waals surface area contributed by atoms with Crippen molar-refractivity contribution >= 4 is 24.0 Å². The molecule has 22 heavy (non-hydrogen) atoms. The van der Waals surface area contributed by atoms with Crippen molar-refractivity contribution in [2.24, 2.45) is 11.1 Å². The van der Waals surface area contributed by atoms with E-state index in [1.165, 1.54) is 0 Å². The summed E-state index contributed by atoms with van der Waals surface area (Å²) < 4.78 is 5.74. The monoisotopic (exact) mass is 328 g/mol. The van der Waals surface area contributed by atoms with Gasteiger partial charge in [-0.25, -0.2) is 0 Å². The van der Waals surface area contributed by atoms with Crippen LogP contribution in [-0.4, -0.2) is 29.8 Å². The van der Waals surface area contributed by atoms with Crippen LogP contribution in [-0.2, 0) is 11.2 Å². The van der Waals surface area contributed by atoms with Crippen LogP contribution in [0.4, 0.5) is 5.69 Å². The molecule has 0 spiro atoms. The van der Waals surface area contributed by atoms with Crippen molar-refractivity contribution < 1.29 is 14.6 Å². The number of anilines is 1. The summed E-state index contributed by atoms with van der Waals surface area (Å²) in [5, 5.41) is 13.0. The molecule has 2 unspecified atom stereocenters. The molecule has 2 rings (SSSR count). The Labute approximate surface area is 137 Å². The summed E-state index contributed by atoms with van der Waals surface area (Å²) >= 11 is 0. The molecule has 0 fully saturated rings. The molecule has 0 aromatic heterocycles. The van der Waals surface area contributed by atoms with Gasteiger partial charge in [0.1, 0.15) is 18.5 Å². The Morgan fingerprint density at radius 2 is 2.05 bits per heavy atom. The Morgan fingerprint density at radius 1 is 1.36 bits per heavy atom. The molecular formula is C16H25ClN2O3. The number of aliphatic hydroxyl groups excluding tert-OH is 1. The van der Waals surface area contributed by atoms with E-state index in [2.05, 4.69) is 5.32 Å². The highest BCUT2D eigenvalue weighted by atomic mass is 35.5. The number of aliphatic hydroxyl groups is 1. The largest absolute Gasteiger partial charge is 0.490 e. The van der Waals surface area contributed by atoms with Gasteiger partial charge in [-0.1, -0.05) is 26.8 Å². The second-order valence-electron chi connectivity index (χ2n) is 6.60. The normalized spacial score (nSPS) is 16.9. The van der Waals surface area contributed by atoms with Gasteiger partial charge in [0.25, 0.3) is 0 Å². The number of fused-ring (bicyclic) bond motifs is 1. The first kappa shape index (κ1) is 18.7. The molecule has 124 valence electrons. The lowest BCUT2D eigenvalue weighted by atomic mass is 9.84. The zero-order valence-electron chi connectivity index (χ0n) is 13.3. The van der Waals surface area contributed by atoms with Crippen molar-refractivity contribution in [1.82, 2.24) is 0 Å². The second-order valence-corrected chi connectivity index (χ2v) is 6.60. The summed E-state index contributed by atoms with van der Waals surface area (Å²) in [5.74, 6) is 0.724. The van der Waals surface area contributed by atoms with Crippen molar-refractivity contribution in [3.8, 4) is 5.75 Å². The van der Waals surface area contributed by atoms with Gasteiger partial charge in [0.2, 0.25) is 5.91 Å². The molecule has 2 atom stereocenters. The fourth-order valence-corrected chi connectivity index (χ4v) is 2.38. The number of rotatable bonds is 4. The summed E-state index contributed by atoms with van der Waals surface area (Å²) in [4.78, 5) is 11.4. The van der Waals surface area contributed by atoms with Crippen molar-refractivity contribution in [3.63, 3.8) is 0 Å². The molecule has 1 aliphatic rings. The van der Waals surface area contributed by atoms with Crippen LogP contribution >= 0.6 is 12.4 Å². The highest BCUT2D eigenvalue weighted by Gasteiger charge is 2.28. The van der Waals surface area contributed by atoms with Crippen LogP contribution in [0.5, 0.6) is 5.75 Å². The number of halogens is 1. The van der Waals surface area contributed by atoms with E-state index in [0.717, 1.165) is 11.3 Å². The van der Waals surface area contributed by atoms with Gasteiger partial charge in [0, 0.05) is 23.7 Å². The first-order chi connectivity index (χ1) is 9.79. The second kappa shape index (κ2) is 7.31. The lowest BCUT2D eigenvalue weighted by molar-refractivity contribution is -0.116. The van der Waals surface area contributed by atoms with Gasteiger partial charge in [0.15, 0.2) is 0 Å². The minimum absolute atomic E-state index is 0. The van der Waals surface area contributed by atoms with Gasteiger partial charge in [-0.15, -0.1) is 12.4 Å². The number of carbonyl (C=O) groups excluding carboxylic acids is 1. The highest BCUT2D eigenvalue weighted by molar-refractivity contribution is 5.94. The minimum Gasteiger partial charge on any atom is -0.490 e. The van der Waals surface area contributed by atoms with Gasteiger partial charge >= 0.3 is 0 Å². The molecule has 1 amide bonds. The molecule has 1 aromatic carbocycles. The van der Waals surface area contributed by atoms with Gasteiger partial charge in [-0.2, -0.15) is 0 Å². The van der Waals surface area contributed by atoms with Crippen LogP contribution in [0.2, 0.25) is 0 Å². The molecule has 6 heteroatoms. The van der Waals surface area contributed by atoms with Gasteiger partial charge in [-0.05, 0) is 24.0 Å². The number of hydrogen-bond donors (Lipinski definition) is 3. The first-order valence-corrected chi connectivity index (χ1v) is 7.27. The van der Waals surface area contributed by atoms with Crippen LogP contribution < -0.4 is 15.8 Å². The van der Waals surface area contributed by atoms with Crippen molar-refractivity contribution in [3.05, 3.63) is 23.8 Å². The molecule has 0 radical (unpaired) electrons. The molecule has 1 heterocycles. The number of hydrogen-bond acceptors (Lipinski definition) is 4. The Balaban J connectivity index is 0.00000242. The maximum absolute atomic E-state index is 11.4. The van der Waals surface area contributed by atoms with Gasteiger partial charge in [0.05, 0.1) is 0 Å². The van der Waals surface area contributed by atoms with Gasteiger partial charge < -0.3 is 20.9 Å². The van der Waals surface area contributed by atoms with Crippen LogP contribution in [0.25, 0.3) is 0 Å². The van der Waals surface area contributed by atoms with E-state index in [0.29, 0.717) is 18.6 Å². The quantitative estimate of drug-likeness (QED) is 0.790. The lowest BCUT2D eigenvalue weighted by Crippen LogP contribution is -2.47. The molecule has 0 bridgehead atoms. The maximum atomic E-state index is 11.4. The summed E-state index contributed by atoms with van der Waals surface area (Å²) in [7, 11) is 0. The molecule has 0 saturated heterocycles. The highest BCUT2D eigenvalue weighted by Crippen LogP contribution is 2.31. The zero-order valence-corrected chi connectivity index (χ0v) is 14.1. The number of nitrogens with two attached hydrogens (primary N) is 1. The van der Waals surface area contributed by atoms with Crippen LogP contribution in [0.3, 0.4) is 0 Å². The molecule has 1 aromatic rings. The van der Waals surface area contributed by atoms with E-state index in [-0.39, 0.29) is 36.4 Å². The topological polar surface area (TPSA) is 84.6 Å². The zero-order chi connectivity index (χ0) is 15.6. The van der Waals surface area contributed by atoms with Crippen LogP contribution in [0.15, 0.2) is 18.2 Å². The number of carbonyl (C=O) groups is 1. The third-order valence-corrected chi connectivity index (χ3v) is 3.83. The number of ether oxygens (including phenoxy) is 1. The SMILES string of the molecule is CC(C)(C)C(N)C(O)COc1cccc2c1CCC(=O)N2.Cl. The Morgan fingerprint density at radius 3 is 2.68 bits per heavy atom. The number of benzene rings is 1. The summed E-state index contributed by atoms with van der Waals surface area (Å²) in [5.41, 5.74) is 7.61.